The molecule has 88 valence electrons. The Morgan fingerprint density at radius 3 is 2.27 bits per heavy atom. The van der Waals surface area contributed by atoms with Crippen LogP contribution in [0.15, 0.2) is 18.7 Å². The summed E-state index contributed by atoms with van der Waals surface area (Å²) in [5.74, 6) is 0. The number of aromatic nitrogens is 2. The van der Waals surface area contributed by atoms with Crippen LogP contribution in [0.4, 0.5) is 17.3 Å². The second kappa shape index (κ2) is 6.44. The minimum absolute atomic E-state index is 0. The number of hydrogen-bond donors (Lipinski definition) is 1. The topological polar surface area (TPSA) is 29.0 Å². The molecule has 0 saturated heterocycles. The van der Waals surface area contributed by atoms with Crippen molar-refractivity contribution in [3.63, 3.8) is 0 Å². The SMILES string of the molecule is C[n+]1ccn(CCCO)c1.F[B-](F)(F)F.[H+]. The predicted molar refractivity (Wildman–Crippen MR) is 48.6 cm³/mol. The smallest absolute Gasteiger partial charge is 0.418 e. The zero-order valence-corrected chi connectivity index (χ0v) is 8.28. The maximum Gasteiger partial charge on any atom is 1.00 e. The van der Waals surface area contributed by atoms with Crippen LogP contribution in [-0.4, -0.2) is 23.5 Å². The van der Waals surface area contributed by atoms with E-state index in [1.807, 2.05) is 30.3 Å². The van der Waals surface area contributed by atoms with Crippen LogP contribution < -0.4 is 4.57 Å². The van der Waals surface area contributed by atoms with Crippen LogP contribution in [0.25, 0.3) is 0 Å². The first-order chi connectivity index (χ1) is 6.83. The average molecular weight is 229 g/mol. The molecule has 3 nitrogen and oxygen atoms in total. The van der Waals surface area contributed by atoms with Gasteiger partial charge in [0.05, 0.1) is 13.6 Å². The van der Waals surface area contributed by atoms with Crippen LogP contribution in [0.2, 0.25) is 0 Å². The molecule has 1 aromatic heterocycles. The summed E-state index contributed by atoms with van der Waals surface area (Å²) >= 11 is 0. The van der Waals surface area contributed by atoms with Gasteiger partial charge in [0.1, 0.15) is 12.4 Å². The number of aliphatic hydroxyl groups is 1. The zero-order valence-electron chi connectivity index (χ0n) is 9.28. The van der Waals surface area contributed by atoms with E-state index in [-0.39, 0.29) is 8.03 Å². The Morgan fingerprint density at radius 2 is 1.93 bits per heavy atom. The van der Waals surface area contributed by atoms with Gasteiger partial charge in [-0.05, 0) is 0 Å². The second-order valence-corrected chi connectivity index (χ2v) is 2.89. The van der Waals surface area contributed by atoms with E-state index in [4.69, 9.17) is 5.11 Å². The minimum atomic E-state index is -6.00. The normalized spacial score (nSPS) is 10.8. The van der Waals surface area contributed by atoms with Crippen LogP contribution >= 0.6 is 0 Å². The van der Waals surface area contributed by atoms with E-state index in [9.17, 15) is 17.3 Å². The molecule has 0 aromatic carbocycles. The highest BCUT2D eigenvalue weighted by Gasteiger charge is 2.20. The molecule has 0 amide bonds. The Hall–Kier alpha value is -1.05. The van der Waals surface area contributed by atoms with Gasteiger partial charge in [-0.25, -0.2) is 9.13 Å². The molecule has 0 fully saturated rings. The quantitative estimate of drug-likeness (QED) is 0.469. The third-order valence-electron chi connectivity index (χ3n) is 1.40. The fourth-order valence-electron chi connectivity index (χ4n) is 0.887. The summed E-state index contributed by atoms with van der Waals surface area (Å²) < 4.78 is 43.0. The lowest BCUT2D eigenvalue weighted by Gasteiger charge is -1.94. The first-order valence-corrected chi connectivity index (χ1v) is 4.32. The third-order valence-corrected chi connectivity index (χ3v) is 1.40. The molecule has 8 heteroatoms. The monoisotopic (exact) mass is 229 g/mol. The Bertz CT molecular complexity index is 276. The summed E-state index contributed by atoms with van der Waals surface area (Å²) in [7, 11) is -4.02. The predicted octanol–water partition coefficient (Wildman–Crippen LogP) is 1.11. The standard InChI is InChI=1S/C7H13N2O.BF4/c1-8-4-5-9(7-8)3-2-6-10;2-1(3,4)5/h4-5,7,10H,2-3,6H2,1H3;/q+1;-1/p+1. The Kier molecular flexibility index (Phi) is 5.99. The van der Waals surface area contributed by atoms with Crippen molar-refractivity contribution in [2.24, 2.45) is 7.05 Å². The van der Waals surface area contributed by atoms with Crippen molar-refractivity contribution in [1.82, 2.24) is 4.57 Å². The van der Waals surface area contributed by atoms with Crippen molar-refractivity contribution in [3.8, 4) is 0 Å². The number of nitrogens with zero attached hydrogens (tertiary/aromatic N) is 2. The van der Waals surface area contributed by atoms with Crippen molar-refractivity contribution in [3.05, 3.63) is 18.7 Å². The maximum absolute atomic E-state index is 9.75. The number of aliphatic hydroxyl groups excluding tert-OH is 1. The summed E-state index contributed by atoms with van der Waals surface area (Å²) in [6.07, 6.45) is 6.80. The van der Waals surface area contributed by atoms with Gasteiger partial charge in [-0.1, -0.05) is 0 Å². The maximum atomic E-state index is 9.75. The van der Waals surface area contributed by atoms with E-state index in [0.29, 0.717) is 0 Å². The van der Waals surface area contributed by atoms with E-state index in [2.05, 4.69) is 4.57 Å². The van der Waals surface area contributed by atoms with E-state index in [1.54, 1.807) is 0 Å². The molecule has 15 heavy (non-hydrogen) atoms. The third kappa shape index (κ3) is 10.9. The molecule has 0 aliphatic heterocycles. The van der Waals surface area contributed by atoms with Gasteiger partial charge < -0.3 is 22.4 Å². The Labute approximate surface area is 86.5 Å². The Balaban J connectivity index is 0. The fraction of sp³-hybridized carbons (Fsp3) is 0.571. The van der Waals surface area contributed by atoms with Gasteiger partial charge >= 0.3 is 8.68 Å². The Morgan fingerprint density at radius 1 is 1.40 bits per heavy atom. The zero-order chi connectivity index (χ0) is 11.9. The summed E-state index contributed by atoms with van der Waals surface area (Å²) in [5, 5.41) is 8.51. The minimum Gasteiger partial charge on any atom is -0.418 e. The van der Waals surface area contributed by atoms with Gasteiger partial charge in [0, 0.05) is 13.0 Å². The van der Waals surface area contributed by atoms with Crippen molar-refractivity contribution in [2.45, 2.75) is 13.0 Å². The highest BCUT2D eigenvalue weighted by Crippen LogP contribution is 2.06. The molecular formula is C7H14BF4N2O+. The van der Waals surface area contributed by atoms with Gasteiger partial charge in [-0.3, -0.25) is 0 Å². The molecule has 1 heterocycles. The molecule has 1 N–H and O–H groups in total. The van der Waals surface area contributed by atoms with E-state index < -0.39 is 7.25 Å². The van der Waals surface area contributed by atoms with Crippen LogP contribution in [0.3, 0.4) is 0 Å². The van der Waals surface area contributed by atoms with Gasteiger partial charge in [0.2, 0.25) is 6.33 Å². The fourth-order valence-corrected chi connectivity index (χ4v) is 0.887. The molecular weight excluding hydrogens is 215 g/mol. The van der Waals surface area contributed by atoms with Gasteiger partial charge in [0.15, 0.2) is 0 Å². The van der Waals surface area contributed by atoms with E-state index in [0.717, 1.165) is 13.0 Å². The number of imidazole rings is 1. The highest BCUT2D eigenvalue weighted by molar-refractivity contribution is 6.50. The van der Waals surface area contributed by atoms with Crippen LogP contribution in [0, 0.1) is 0 Å². The average Bonchev–Trinajstić information content (AvgIpc) is 2.45. The molecule has 0 unspecified atom stereocenters. The largest absolute Gasteiger partial charge is 1.00 e. The van der Waals surface area contributed by atoms with Crippen LogP contribution in [0.5, 0.6) is 0 Å². The summed E-state index contributed by atoms with van der Waals surface area (Å²) in [6, 6.07) is 0. The van der Waals surface area contributed by atoms with Crippen molar-refractivity contribution >= 4 is 7.25 Å². The second-order valence-electron chi connectivity index (χ2n) is 2.89. The lowest BCUT2D eigenvalue weighted by Crippen LogP contribution is -2.23. The lowest BCUT2D eigenvalue weighted by molar-refractivity contribution is -0.671. The van der Waals surface area contributed by atoms with Crippen LogP contribution in [0.1, 0.15) is 7.85 Å². The van der Waals surface area contributed by atoms with Crippen molar-refractivity contribution in [2.75, 3.05) is 6.61 Å². The number of hydrogen-bond acceptors (Lipinski definition) is 1. The lowest BCUT2D eigenvalue weighted by atomic mass is 10.3. The molecule has 0 spiro atoms. The molecule has 0 atom stereocenters. The number of halogens is 4. The van der Waals surface area contributed by atoms with Gasteiger partial charge in [0.25, 0.3) is 0 Å². The summed E-state index contributed by atoms with van der Waals surface area (Å²) in [4.78, 5) is 0. The first-order valence-electron chi connectivity index (χ1n) is 4.32. The molecule has 0 radical (unpaired) electrons. The molecule has 0 bridgehead atoms. The molecule has 0 aliphatic carbocycles. The molecule has 0 aliphatic rings. The van der Waals surface area contributed by atoms with Gasteiger partial charge in [-0.15, -0.1) is 0 Å². The van der Waals surface area contributed by atoms with Gasteiger partial charge in [-0.2, -0.15) is 0 Å². The molecule has 0 saturated carbocycles. The summed E-state index contributed by atoms with van der Waals surface area (Å²) in [6.45, 7) is 1.17. The number of aryl methyl sites for hydroxylation is 2. The molecule has 1 rings (SSSR count). The van der Waals surface area contributed by atoms with Crippen LogP contribution in [-0.2, 0) is 13.6 Å². The first kappa shape index (κ1) is 14.0. The van der Waals surface area contributed by atoms with E-state index >= 15 is 0 Å². The summed E-state index contributed by atoms with van der Waals surface area (Å²) in [5.41, 5.74) is 0. The van der Waals surface area contributed by atoms with Crippen molar-refractivity contribution < 1.29 is 28.4 Å². The van der Waals surface area contributed by atoms with Crippen molar-refractivity contribution in [1.29, 1.82) is 0 Å². The highest BCUT2D eigenvalue weighted by atomic mass is 19.5. The molecule has 1 aromatic rings. The van der Waals surface area contributed by atoms with E-state index in [1.165, 1.54) is 0 Å². The number of rotatable bonds is 3.